The quantitative estimate of drug-likeness (QED) is 0.644. The van der Waals surface area contributed by atoms with Crippen LogP contribution in [0.3, 0.4) is 0 Å². The predicted octanol–water partition coefficient (Wildman–Crippen LogP) is 3.66. The van der Waals surface area contributed by atoms with Crippen LogP contribution in [0.5, 0.6) is 17.2 Å². The molecular weight excluding hydrogens is 412 g/mol. The Hall–Kier alpha value is -2.87. The number of hydrogen-bond acceptors (Lipinski definition) is 8. The van der Waals surface area contributed by atoms with E-state index in [9.17, 15) is 13.7 Å². The molecule has 0 spiro atoms. The maximum absolute atomic E-state index is 12.4. The summed E-state index contributed by atoms with van der Waals surface area (Å²) in [6.45, 7) is 0. The van der Waals surface area contributed by atoms with Crippen LogP contribution < -0.4 is 14.2 Å². The molecule has 0 amide bonds. The first-order chi connectivity index (χ1) is 12.9. The number of sulfonamides is 1. The standard InChI is InChI=1S/C16H11ClN4O4S2/c1-24-15-7-11(17)2-4-14(15)25-13-5-3-12(6-10(13)8-18)27(22,23)21-16-19-9-20-26-16/h2-7,9H,1H3,(H,19,20,21). The molecule has 8 nitrogen and oxygen atoms in total. The van der Waals surface area contributed by atoms with Gasteiger partial charge in [0, 0.05) is 22.6 Å². The number of aromatic nitrogens is 2. The maximum Gasteiger partial charge on any atom is 0.263 e. The molecule has 0 saturated carbocycles. The number of benzene rings is 2. The molecule has 0 saturated heterocycles. The summed E-state index contributed by atoms with van der Waals surface area (Å²) in [6.07, 6.45) is 1.24. The molecule has 2 aromatic carbocycles. The fourth-order valence-electron chi connectivity index (χ4n) is 2.09. The summed E-state index contributed by atoms with van der Waals surface area (Å²) in [6, 6.07) is 10.6. The molecule has 0 unspecified atom stereocenters. The zero-order chi connectivity index (χ0) is 19.4. The van der Waals surface area contributed by atoms with Crippen molar-refractivity contribution in [3.63, 3.8) is 0 Å². The second-order valence-electron chi connectivity index (χ2n) is 5.02. The lowest BCUT2D eigenvalue weighted by Gasteiger charge is -2.12. The largest absolute Gasteiger partial charge is 0.493 e. The number of ether oxygens (including phenoxy) is 2. The zero-order valence-corrected chi connectivity index (χ0v) is 16.1. The Labute approximate surface area is 164 Å². The van der Waals surface area contributed by atoms with Gasteiger partial charge in [0.05, 0.1) is 17.6 Å². The molecule has 27 heavy (non-hydrogen) atoms. The van der Waals surface area contributed by atoms with Crippen LogP contribution in [-0.4, -0.2) is 24.9 Å². The number of rotatable bonds is 6. The molecule has 3 rings (SSSR count). The van der Waals surface area contributed by atoms with E-state index in [0.717, 1.165) is 11.5 Å². The van der Waals surface area contributed by atoms with Gasteiger partial charge in [0.2, 0.25) is 5.13 Å². The van der Waals surface area contributed by atoms with Gasteiger partial charge in [-0.3, -0.25) is 4.72 Å². The van der Waals surface area contributed by atoms with Crippen molar-refractivity contribution < 1.29 is 17.9 Å². The average molecular weight is 423 g/mol. The number of nitrogens with one attached hydrogen (secondary N) is 1. The molecule has 3 aromatic rings. The van der Waals surface area contributed by atoms with Crippen LogP contribution in [-0.2, 0) is 10.0 Å². The molecule has 0 aliphatic heterocycles. The van der Waals surface area contributed by atoms with Crippen LogP contribution in [0.2, 0.25) is 5.02 Å². The smallest absolute Gasteiger partial charge is 0.263 e. The highest BCUT2D eigenvalue weighted by atomic mass is 35.5. The van der Waals surface area contributed by atoms with Crippen molar-refractivity contribution in [2.75, 3.05) is 11.8 Å². The van der Waals surface area contributed by atoms with Crippen molar-refractivity contribution in [3.8, 4) is 23.3 Å². The third-order valence-corrected chi connectivity index (χ3v) is 5.59. The first-order valence-electron chi connectivity index (χ1n) is 7.28. The lowest BCUT2D eigenvalue weighted by Crippen LogP contribution is -2.13. The van der Waals surface area contributed by atoms with Gasteiger partial charge in [0.25, 0.3) is 10.0 Å². The Kier molecular flexibility index (Phi) is 5.46. The van der Waals surface area contributed by atoms with Crippen molar-refractivity contribution in [1.29, 1.82) is 5.26 Å². The fourth-order valence-corrected chi connectivity index (χ4v) is 3.94. The van der Waals surface area contributed by atoms with E-state index >= 15 is 0 Å². The molecule has 0 radical (unpaired) electrons. The van der Waals surface area contributed by atoms with Crippen LogP contribution >= 0.6 is 23.1 Å². The maximum atomic E-state index is 12.4. The van der Waals surface area contributed by atoms with Gasteiger partial charge in [-0.15, -0.1) is 0 Å². The van der Waals surface area contributed by atoms with E-state index in [-0.39, 0.29) is 21.3 Å². The summed E-state index contributed by atoms with van der Waals surface area (Å²) >= 11 is 6.81. The summed E-state index contributed by atoms with van der Waals surface area (Å²) < 4.78 is 41.8. The molecule has 11 heteroatoms. The lowest BCUT2D eigenvalue weighted by atomic mass is 10.2. The van der Waals surface area contributed by atoms with E-state index in [1.807, 2.05) is 6.07 Å². The van der Waals surface area contributed by atoms with Crippen LogP contribution in [0.4, 0.5) is 5.13 Å². The SMILES string of the molecule is COc1cc(Cl)ccc1Oc1ccc(S(=O)(=O)Nc2ncns2)cc1C#N. The topological polar surface area (TPSA) is 114 Å². The second-order valence-corrected chi connectivity index (χ2v) is 7.92. The molecular formula is C16H11ClN4O4S2. The fraction of sp³-hybridized carbons (Fsp3) is 0.0625. The summed E-state index contributed by atoms with van der Waals surface area (Å²) in [5, 5.41) is 9.98. The highest BCUT2D eigenvalue weighted by molar-refractivity contribution is 7.93. The molecule has 0 fully saturated rings. The van der Waals surface area contributed by atoms with Crippen molar-refractivity contribution in [1.82, 2.24) is 9.36 Å². The Morgan fingerprint density at radius 2 is 1.96 bits per heavy atom. The van der Waals surface area contributed by atoms with Gasteiger partial charge >= 0.3 is 0 Å². The van der Waals surface area contributed by atoms with Gasteiger partial charge in [-0.1, -0.05) is 11.6 Å². The van der Waals surface area contributed by atoms with E-state index in [1.165, 1.54) is 31.6 Å². The Morgan fingerprint density at radius 1 is 1.19 bits per heavy atom. The third kappa shape index (κ3) is 4.28. The van der Waals surface area contributed by atoms with Crippen molar-refractivity contribution in [2.45, 2.75) is 4.90 Å². The first kappa shape index (κ1) is 18.9. The number of nitriles is 1. The van der Waals surface area contributed by atoms with Gasteiger partial charge in [0.1, 0.15) is 18.1 Å². The average Bonchev–Trinajstić information content (AvgIpc) is 3.15. The molecule has 138 valence electrons. The monoisotopic (exact) mass is 422 g/mol. The van der Waals surface area contributed by atoms with Crippen LogP contribution in [0.25, 0.3) is 0 Å². The molecule has 1 heterocycles. The van der Waals surface area contributed by atoms with Crippen LogP contribution in [0.1, 0.15) is 5.56 Å². The molecule has 0 aliphatic rings. The van der Waals surface area contributed by atoms with Gasteiger partial charge in [-0.05, 0) is 30.3 Å². The van der Waals surface area contributed by atoms with E-state index in [0.29, 0.717) is 16.5 Å². The van der Waals surface area contributed by atoms with Gasteiger partial charge in [-0.2, -0.15) is 9.64 Å². The number of nitrogens with zero attached hydrogens (tertiary/aromatic N) is 3. The van der Waals surface area contributed by atoms with Crippen LogP contribution in [0.15, 0.2) is 47.6 Å². The molecule has 1 N–H and O–H groups in total. The van der Waals surface area contributed by atoms with E-state index in [2.05, 4.69) is 14.1 Å². The highest BCUT2D eigenvalue weighted by Gasteiger charge is 2.19. The van der Waals surface area contributed by atoms with E-state index in [4.69, 9.17) is 21.1 Å². The normalized spacial score (nSPS) is 10.9. The van der Waals surface area contributed by atoms with Crippen LogP contribution in [0, 0.1) is 11.3 Å². The third-order valence-electron chi connectivity index (χ3n) is 3.31. The minimum Gasteiger partial charge on any atom is -0.493 e. The predicted molar refractivity (Wildman–Crippen MR) is 100.0 cm³/mol. The first-order valence-corrected chi connectivity index (χ1v) is 9.91. The number of methoxy groups -OCH3 is 1. The van der Waals surface area contributed by atoms with Gasteiger partial charge < -0.3 is 9.47 Å². The molecule has 0 atom stereocenters. The number of hydrogen-bond donors (Lipinski definition) is 1. The summed E-state index contributed by atoms with van der Waals surface area (Å²) in [7, 11) is -2.46. The summed E-state index contributed by atoms with van der Waals surface area (Å²) in [4.78, 5) is 3.67. The van der Waals surface area contributed by atoms with Gasteiger partial charge in [-0.25, -0.2) is 13.4 Å². The lowest BCUT2D eigenvalue weighted by molar-refractivity contribution is 0.378. The summed E-state index contributed by atoms with van der Waals surface area (Å²) in [5.41, 5.74) is 0.0344. The van der Waals surface area contributed by atoms with E-state index in [1.54, 1.807) is 18.2 Å². The van der Waals surface area contributed by atoms with E-state index < -0.39 is 10.0 Å². The second kappa shape index (κ2) is 7.79. The zero-order valence-electron chi connectivity index (χ0n) is 13.7. The van der Waals surface area contributed by atoms with Gasteiger partial charge in [0.15, 0.2) is 11.5 Å². The Balaban J connectivity index is 1.92. The minimum absolute atomic E-state index is 0.0344. The van der Waals surface area contributed by atoms with Crippen molar-refractivity contribution in [3.05, 3.63) is 53.3 Å². The van der Waals surface area contributed by atoms with Crippen molar-refractivity contribution >= 4 is 38.3 Å². The minimum atomic E-state index is -3.91. The number of anilines is 1. The number of halogens is 1. The molecule has 0 aliphatic carbocycles. The highest BCUT2D eigenvalue weighted by Crippen LogP contribution is 2.35. The molecule has 1 aromatic heterocycles. The Bertz CT molecular complexity index is 1110. The van der Waals surface area contributed by atoms with Crippen molar-refractivity contribution in [2.24, 2.45) is 0 Å². The summed E-state index contributed by atoms with van der Waals surface area (Å²) in [5.74, 6) is 0.884. The Morgan fingerprint density at radius 3 is 2.63 bits per heavy atom. The molecule has 0 bridgehead atoms.